The molecule has 1 aromatic carbocycles. The van der Waals surface area contributed by atoms with Crippen LogP contribution in [0.3, 0.4) is 0 Å². The summed E-state index contributed by atoms with van der Waals surface area (Å²) in [7, 11) is 0. The van der Waals surface area contributed by atoms with Gasteiger partial charge in [0, 0.05) is 16.8 Å². The molecule has 11 nitrogen and oxygen atoms in total. The molecule has 1 amide bonds. The Morgan fingerprint density at radius 3 is 2.53 bits per heavy atom. The molecule has 0 aliphatic carbocycles. The van der Waals surface area contributed by atoms with Crippen molar-refractivity contribution in [3.8, 4) is 11.4 Å². The molecule has 0 saturated carbocycles. The summed E-state index contributed by atoms with van der Waals surface area (Å²) in [5, 5.41) is 15.3. The van der Waals surface area contributed by atoms with Gasteiger partial charge in [-0.25, -0.2) is 24.9 Å². The zero-order valence-corrected chi connectivity index (χ0v) is 19.5. The molecule has 0 spiro atoms. The summed E-state index contributed by atoms with van der Waals surface area (Å²) in [4.78, 5) is 33.1. The molecule has 16 heteroatoms. The van der Waals surface area contributed by atoms with Crippen LogP contribution in [0.2, 0.25) is 10.2 Å². The van der Waals surface area contributed by atoms with E-state index in [0.717, 1.165) is 4.68 Å². The summed E-state index contributed by atoms with van der Waals surface area (Å²) in [5.41, 5.74) is 7.87. The number of aliphatic hydroxyl groups is 1. The molecule has 190 valence electrons. The number of anilines is 1. The number of primary amides is 1. The maximum absolute atomic E-state index is 13.0. The van der Waals surface area contributed by atoms with Gasteiger partial charge in [-0.15, -0.1) is 5.10 Å². The van der Waals surface area contributed by atoms with Crippen LogP contribution in [0.25, 0.3) is 11.4 Å². The van der Waals surface area contributed by atoms with Gasteiger partial charge in [0.1, 0.15) is 6.17 Å². The van der Waals surface area contributed by atoms with Crippen molar-refractivity contribution >= 4 is 40.6 Å². The first-order valence-electron chi connectivity index (χ1n) is 10.2. The number of amides is 1. The smallest absolute Gasteiger partial charge is 0.382 e. The van der Waals surface area contributed by atoms with Crippen molar-refractivity contribution in [2.45, 2.75) is 31.5 Å². The van der Waals surface area contributed by atoms with Gasteiger partial charge >= 0.3 is 11.9 Å². The van der Waals surface area contributed by atoms with Crippen LogP contribution in [0.1, 0.15) is 0 Å². The molecular weight excluding hydrogens is 528 g/mol. The number of amidine groups is 1. The number of hydrogen-bond donors (Lipinski definition) is 3. The Balaban J connectivity index is 1.69. The van der Waals surface area contributed by atoms with Gasteiger partial charge in [0.05, 0.1) is 18.8 Å². The van der Waals surface area contributed by atoms with Gasteiger partial charge in [-0.1, -0.05) is 23.2 Å². The van der Waals surface area contributed by atoms with Crippen LogP contribution in [-0.2, 0) is 17.9 Å². The Morgan fingerprint density at radius 2 is 1.92 bits per heavy atom. The number of benzene rings is 1. The highest BCUT2D eigenvalue weighted by Gasteiger charge is 2.39. The summed E-state index contributed by atoms with van der Waals surface area (Å²) in [5.74, 6) is -1.27. The summed E-state index contributed by atoms with van der Waals surface area (Å²) < 4.78 is 40.7. The highest BCUT2D eigenvalue weighted by atomic mass is 35.5. The van der Waals surface area contributed by atoms with Crippen LogP contribution >= 0.6 is 23.2 Å². The van der Waals surface area contributed by atoms with E-state index in [9.17, 15) is 27.9 Å². The van der Waals surface area contributed by atoms with Crippen LogP contribution in [-0.4, -0.2) is 54.6 Å². The minimum absolute atomic E-state index is 0.0345. The number of carbonyl (C=O) groups is 1. The zero-order valence-electron chi connectivity index (χ0n) is 18.0. The highest BCUT2D eigenvalue weighted by molar-refractivity contribution is 6.44. The predicted octanol–water partition coefficient (Wildman–Crippen LogP) is 1.57. The van der Waals surface area contributed by atoms with Gasteiger partial charge in [0.2, 0.25) is 5.84 Å². The van der Waals surface area contributed by atoms with E-state index in [1.807, 2.05) is 0 Å². The first-order valence-corrected chi connectivity index (χ1v) is 10.9. The number of hydrogen-bond acceptors (Lipinski definition) is 8. The number of rotatable bonds is 7. The first-order chi connectivity index (χ1) is 17.0. The molecule has 3 aromatic rings. The van der Waals surface area contributed by atoms with Crippen molar-refractivity contribution in [3.63, 3.8) is 0 Å². The van der Waals surface area contributed by atoms with Gasteiger partial charge in [0.15, 0.2) is 17.1 Å². The Hall–Kier alpha value is -3.46. The lowest BCUT2D eigenvalue weighted by molar-refractivity contribution is -0.207. The number of halogens is 5. The fourth-order valence-electron chi connectivity index (χ4n) is 3.41. The van der Waals surface area contributed by atoms with Crippen LogP contribution in [0.4, 0.5) is 18.9 Å². The Kier molecular flexibility index (Phi) is 7.04. The topological polar surface area (TPSA) is 144 Å². The number of aromatic nitrogens is 4. The molecule has 0 saturated heterocycles. The molecule has 3 heterocycles. The first kappa shape index (κ1) is 25.6. The third kappa shape index (κ3) is 5.21. The third-order valence-electron chi connectivity index (χ3n) is 5.07. The highest BCUT2D eigenvalue weighted by Crippen LogP contribution is 2.26. The van der Waals surface area contributed by atoms with E-state index < -0.39 is 36.6 Å². The van der Waals surface area contributed by atoms with E-state index >= 15 is 0 Å². The third-order valence-corrected chi connectivity index (χ3v) is 5.62. The van der Waals surface area contributed by atoms with Gasteiger partial charge in [-0.2, -0.15) is 13.2 Å². The molecule has 1 aliphatic heterocycles. The SMILES string of the molecule is NC(=O)C1=NC(Cn2nc(-c3ccc(Cl)cc3)n(C[C@H](O)C(F)(F)F)c2=O)NN1c1cccnc1Cl. The van der Waals surface area contributed by atoms with Gasteiger partial charge in [0.25, 0.3) is 5.91 Å². The number of nitrogens with one attached hydrogen (secondary N) is 1. The molecular formula is C20H17Cl2F3N8O3. The number of carbonyl (C=O) groups excluding carboxylic acids is 1. The Bertz CT molecular complexity index is 1370. The quantitative estimate of drug-likeness (QED) is 0.383. The van der Waals surface area contributed by atoms with E-state index in [0.29, 0.717) is 9.59 Å². The number of hydrazine groups is 1. The zero-order chi connectivity index (χ0) is 26.2. The van der Waals surface area contributed by atoms with Gasteiger partial charge < -0.3 is 10.8 Å². The minimum atomic E-state index is -4.96. The number of alkyl halides is 3. The molecule has 2 atom stereocenters. The fourth-order valence-corrected chi connectivity index (χ4v) is 3.73. The second-order valence-electron chi connectivity index (χ2n) is 7.57. The van der Waals surface area contributed by atoms with Crippen molar-refractivity contribution < 1.29 is 23.1 Å². The molecule has 1 aliphatic rings. The van der Waals surface area contributed by atoms with Crippen molar-refractivity contribution in [3.05, 3.63) is 63.3 Å². The molecule has 0 radical (unpaired) electrons. The van der Waals surface area contributed by atoms with E-state index in [1.165, 1.54) is 35.5 Å². The number of aliphatic imine (C=N–C) groups is 1. The number of nitrogens with zero attached hydrogens (tertiary/aromatic N) is 6. The normalized spacial score (nSPS) is 16.8. The predicted molar refractivity (Wildman–Crippen MR) is 124 cm³/mol. The second-order valence-corrected chi connectivity index (χ2v) is 8.37. The van der Waals surface area contributed by atoms with Gasteiger partial charge in [-0.05, 0) is 36.4 Å². The van der Waals surface area contributed by atoms with Crippen LogP contribution in [0.5, 0.6) is 0 Å². The molecule has 36 heavy (non-hydrogen) atoms. The fraction of sp³-hybridized carbons (Fsp3) is 0.250. The largest absolute Gasteiger partial charge is 0.416 e. The standard InChI is InChI=1S/C20H17Cl2F3N8O3/c21-11-5-3-10(4-6-11)17-30-32(19(36)31(17)8-13(34)20(23,24)25)9-14-28-18(16(26)35)33(29-14)12-2-1-7-27-15(12)22/h1-7,13-14,29,34H,8-9H2,(H2,26,35)/t13-,14?/m0/s1. The lowest BCUT2D eigenvalue weighted by atomic mass is 10.2. The second kappa shape index (κ2) is 9.89. The van der Waals surface area contributed by atoms with Crippen molar-refractivity contribution in [1.29, 1.82) is 0 Å². The van der Waals surface area contributed by atoms with E-state index in [2.05, 4.69) is 20.5 Å². The van der Waals surface area contributed by atoms with Crippen molar-refractivity contribution in [2.24, 2.45) is 10.7 Å². The number of pyridine rings is 1. The average molecular weight is 545 g/mol. The Labute approximate surface area is 210 Å². The van der Waals surface area contributed by atoms with Crippen LogP contribution < -0.4 is 21.9 Å². The molecule has 0 fully saturated rings. The number of aliphatic hydroxyl groups excluding tert-OH is 1. The van der Waals surface area contributed by atoms with Crippen molar-refractivity contribution in [1.82, 2.24) is 24.8 Å². The monoisotopic (exact) mass is 544 g/mol. The minimum Gasteiger partial charge on any atom is -0.382 e. The molecule has 0 bridgehead atoms. The van der Waals surface area contributed by atoms with E-state index in [4.69, 9.17) is 28.9 Å². The Morgan fingerprint density at radius 1 is 1.22 bits per heavy atom. The van der Waals surface area contributed by atoms with Crippen LogP contribution in [0, 0.1) is 0 Å². The number of nitrogens with two attached hydrogens (primary N) is 1. The molecule has 2 aromatic heterocycles. The maximum Gasteiger partial charge on any atom is 0.416 e. The summed E-state index contributed by atoms with van der Waals surface area (Å²) in [6.45, 7) is -1.40. The lowest BCUT2D eigenvalue weighted by Crippen LogP contribution is -2.47. The summed E-state index contributed by atoms with van der Waals surface area (Å²) >= 11 is 12.0. The molecule has 1 unspecified atom stereocenters. The van der Waals surface area contributed by atoms with E-state index in [-0.39, 0.29) is 34.6 Å². The van der Waals surface area contributed by atoms with Crippen LogP contribution in [0.15, 0.2) is 52.4 Å². The van der Waals surface area contributed by atoms with E-state index in [1.54, 1.807) is 12.1 Å². The summed E-state index contributed by atoms with van der Waals surface area (Å²) in [6.07, 6.45) is -7.32. The van der Waals surface area contributed by atoms with Crippen molar-refractivity contribution in [2.75, 3.05) is 5.01 Å². The molecule has 4 rings (SSSR count). The maximum atomic E-state index is 13.0. The lowest BCUT2D eigenvalue weighted by Gasteiger charge is -2.20. The summed E-state index contributed by atoms with van der Waals surface area (Å²) in [6, 6.07) is 8.99. The molecule has 4 N–H and O–H groups in total. The van der Waals surface area contributed by atoms with Gasteiger partial charge in [-0.3, -0.25) is 14.4 Å². The average Bonchev–Trinajstić information content (AvgIpc) is 3.36.